The van der Waals surface area contributed by atoms with E-state index in [1.54, 1.807) is 11.3 Å². The number of hydrogen-bond acceptors (Lipinski definition) is 5. The van der Waals surface area contributed by atoms with Crippen molar-refractivity contribution in [2.75, 3.05) is 5.32 Å². The van der Waals surface area contributed by atoms with E-state index in [1.165, 1.54) is 6.92 Å². The van der Waals surface area contributed by atoms with Crippen molar-refractivity contribution in [1.82, 2.24) is 0 Å². The molecule has 0 saturated carbocycles. The first kappa shape index (κ1) is 20.8. The van der Waals surface area contributed by atoms with Gasteiger partial charge in [-0.1, -0.05) is 12.1 Å². The van der Waals surface area contributed by atoms with Crippen molar-refractivity contribution in [1.29, 1.82) is 0 Å². The number of aryl methyl sites for hydroxylation is 4. The summed E-state index contributed by atoms with van der Waals surface area (Å²) in [5, 5.41) is 2.78. The number of amides is 1. The Morgan fingerprint density at radius 1 is 1.07 bits per heavy atom. The zero-order valence-electron chi connectivity index (χ0n) is 16.3. The van der Waals surface area contributed by atoms with Gasteiger partial charge >= 0.3 is 5.97 Å². The number of anilines is 1. The molecule has 144 valence electrons. The molecule has 1 atom stereocenters. The van der Waals surface area contributed by atoms with Crippen molar-refractivity contribution in [3.05, 3.63) is 50.7 Å². The van der Waals surface area contributed by atoms with Gasteiger partial charge in [-0.15, -0.1) is 11.3 Å². The topological polar surface area (TPSA) is 72.5 Å². The van der Waals surface area contributed by atoms with Gasteiger partial charge in [0.05, 0.1) is 6.42 Å². The largest absolute Gasteiger partial charge is 0.453 e. The van der Waals surface area contributed by atoms with E-state index in [2.05, 4.69) is 5.32 Å². The summed E-state index contributed by atoms with van der Waals surface area (Å²) < 4.78 is 5.18. The first-order valence-corrected chi connectivity index (χ1v) is 9.67. The molecule has 0 radical (unpaired) electrons. The maximum Gasteiger partial charge on any atom is 0.307 e. The van der Waals surface area contributed by atoms with Crippen LogP contribution in [0.2, 0.25) is 0 Å². The highest BCUT2D eigenvalue weighted by molar-refractivity contribution is 7.12. The third kappa shape index (κ3) is 5.76. The van der Waals surface area contributed by atoms with Crippen LogP contribution < -0.4 is 5.32 Å². The molecule has 1 aromatic carbocycles. The second-order valence-electron chi connectivity index (χ2n) is 6.69. The summed E-state index contributed by atoms with van der Waals surface area (Å²) in [6.07, 6.45) is -0.909. The van der Waals surface area contributed by atoms with Gasteiger partial charge in [-0.2, -0.15) is 0 Å². The van der Waals surface area contributed by atoms with E-state index >= 15 is 0 Å². The molecule has 0 unspecified atom stereocenters. The van der Waals surface area contributed by atoms with E-state index in [4.69, 9.17) is 4.74 Å². The number of Topliss-reactive ketones (excluding diaryl/α,β-unsaturated/α-hetero) is 1. The summed E-state index contributed by atoms with van der Waals surface area (Å²) in [7, 11) is 0. The lowest BCUT2D eigenvalue weighted by molar-refractivity contribution is -0.153. The van der Waals surface area contributed by atoms with Crippen LogP contribution in [0.5, 0.6) is 0 Å². The van der Waals surface area contributed by atoms with Gasteiger partial charge in [-0.05, 0) is 57.9 Å². The van der Waals surface area contributed by atoms with Gasteiger partial charge in [0.15, 0.2) is 11.9 Å². The number of esters is 1. The number of nitrogens with one attached hydrogen (secondary N) is 1. The Morgan fingerprint density at radius 3 is 2.41 bits per heavy atom. The van der Waals surface area contributed by atoms with E-state index in [-0.39, 0.29) is 18.6 Å². The fourth-order valence-electron chi connectivity index (χ4n) is 2.67. The standard InChI is InChI=1S/C21H25NO4S/c1-12-6-7-13(2)18(10-12)22-21(25)15(4)26-20(24)9-8-19(23)17-11-14(3)27-16(17)5/h6-7,10-11,15H,8-9H2,1-5H3,(H,22,25)/t15-/m0/s1. The third-order valence-corrected chi connectivity index (χ3v) is 5.19. The number of carbonyl (C=O) groups is 3. The van der Waals surface area contributed by atoms with Crippen molar-refractivity contribution in [3.63, 3.8) is 0 Å². The quantitative estimate of drug-likeness (QED) is 0.560. The summed E-state index contributed by atoms with van der Waals surface area (Å²) >= 11 is 1.56. The smallest absolute Gasteiger partial charge is 0.307 e. The van der Waals surface area contributed by atoms with Crippen molar-refractivity contribution in [2.45, 2.75) is 53.6 Å². The monoisotopic (exact) mass is 387 g/mol. The average Bonchev–Trinajstić information content (AvgIpc) is 2.94. The normalized spacial score (nSPS) is 11.7. The van der Waals surface area contributed by atoms with Gasteiger partial charge in [-0.3, -0.25) is 14.4 Å². The average molecular weight is 388 g/mol. The predicted octanol–water partition coefficient (Wildman–Crippen LogP) is 4.52. The second kappa shape index (κ2) is 8.95. The SMILES string of the molecule is Cc1ccc(C)c(NC(=O)[C@H](C)OC(=O)CCC(=O)c2cc(C)sc2C)c1. The molecule has 6 heteroatoms. The van der Waals surface area contributed by atoms with Crippen LogP contribution in [0.1, 0.15) is 51.0 Å². The summed E-state index contributed by atoms with van der Waals surface area (Å²) in [6, 6.07) is 7.59. The van der Waals surface area contributed by atoms with Crippen molar-refractivity contribution < 1.29 is 19.1 Å². The summed E-state index contributed by atoms with van der Waals surface area (Å²) in [6.45, 7) is 9.19. The molecule has 0 aliphatic carbocycles. The Bertz CT molecular complexity index is 869. The molecule has 1 N–H and O–H groups in total. The minimum atomic E-state index is -0.933. The lowest BCUT2D eigenvalue weighted by Crippen LogP contribution is -2.30. The van der Waals surface area contributed by atoms with Crippen molar-refractivity contribution in [3.8, 4) is 0 Å². The molecule has 0 fully saturated rings. The Balaban J connectivity index is 1.85. The van der Waals surface area contributed by atoms with Crippen LogP contribution in [0.4, 0.5) is 5.69 Å². The van der Waals surface area contributed by atoms with Gasteiger partial charge in [0.25, 0.3) is 5.91 Å². The summed E-state index contributed by atoms with van der Waals surface area (Å²) in [4.78, 5) is 38.5. The maximum absolute atomic E-state index is 12.3. The Hall–Kier alpha value is -2.47. The molecule has 0 bridgehead atoms. The second-order valence-corrected chi connectivity index (χ2v) is 8.15. The Labute approximate surface area is 163 Å². The van der Waals surface area contributed by atoms with E-state index in [1.807, 2.05) is 52.0 Å². The van der Waals surface area contributed by atoms with Gasteiger partial charge in [0.2, 0.25) is 0 Å². The molecule has 1 aromatic heterocycles. The Morgan fingerprint density at radius 2 is 1.78 bits per heavy atom. The van der Waals surface area contributed by atoms with Gasteiger partial charge in [-0.25, -0.2) is 0 Å². The molecule has 1 heterocycles. The number of thiophene rings is 1. The molecule has 0 aliphatic rings. The highest BCUT2D eigenvalue weighted by Gasteiger charge is 2.20. The van der Waals surface area contributed by atoms with Crippen LogP contribution in [0.25, 0.3) is 0 Å². The lowest BCUT2D eigenvalue weighted by atomic mass is 10.1. The maximum atomic E-state index is 12.3. The van der Waals surface area contributed by atoms with Crippen LogP contribution in [-0.4, -0.2) is 23.8 Å². The van der Waals surface area contributed by atoms with Crippen LogP contribution in [0, 0.1) is 27.7 Å². The van der Waals surface area contributed by atoms with Gasteiger partial charge in [0, 0.05) is 27.4 Å². The van der Waals surface area contributed by atoms with Gasteiger partial charge in [0.1, 0.15) is 0 Å². The zero-order valence-corrected chi connectivity index (χ0v) is 17.2. The molecule has 2 rings (SSSR count). The molecule has 5 nitrogen and oxygen atoms in total. The predicted molar refractivity (Wildman–Crippen MR) is 107 cm³/mol. The molecule has 2 aromatic rings. The molecule has 1 amide bonds. The Kier molecular flexibility index (Phi) is 6.91. The first-order chi connectivity index (χ1) is 12.7. The van der Waals surface area contributed by atoms with Crippen LogP contribution in [0.3, 0.4) is 0 Å². The minimum absolute atomic E-state index is 0.0474. The first-order valence-electron chi connectivity index (χ1n) is 8.85. The van der Waals surface area contributed by atoms with E-state index in [0.717, 1.165) is 20.9 Å². The van der Waals surface area contributed by atoms with E-state index in [9.17, 15) is 14.4 Å². The lowest BCUT2D eigenvalue weighted by Gasteiger charge is -2.15. The number of carbonyl (C=O) groups excluding carboxylic acids is 3. The van der Waals surface area contributed by atoms with Crippen LogP contribution in [-0.2, 0) is 14.3 Å². The highest BCUT2D eigenvalue weighted by atomic mass is 32.1. The summed E-state index contributed by atoms with van der Waals surface area (Å²) in [5.74, 6) is -1.04. The highest BCUT2D eigenvalue weighted by Crippen LogP contribution is 2.22. The molecular weight excluding hydrogens is 362 g/mol. The number of ketones is 1. The number of benzene rings is 1. The fraction of sp³-hybridized carbons (Fsp3) is 0.381. The molecule has 0 saturated heterocycles. The molecule has 27 heavy (non-hydrogen) atoms. The van der Waals surface area contributed by atoms with Crippen LogP contribution >= 0.6 is 11.3 Å². The molecule has 0 aliphatic heterocycles. The van der Waals surface area contributed by atoms with Gasteiger partial charge < -0.3 is 10.1 Å². The van der Waals surface area contributed by atoms with E-state index < -0.39 is 18.0 Å². The minimum Gasteiger partial charge on any atom is -0.453 e. The third-order valence-electron chi connectivity index (χ3n) is 4.23. The van der Waals surface area contributed by atoms with E-state index in [0.29, 0.717) is 11.3 Å². The number of hydrogen-bond donors (Lipinski definition) is 1. The van der Waals surface area contributed by atoms with Crippen molar-refractivity contribution in [2.24, 2.45) is 0 Å². The number of rotatable bonds is 7. The van der Waals surface area contributed by atoms with Crippen LogP contribution in [0.15, 0.2) is 24.3 Å². The van der Waals surface area contributed by atoms with Crippen molar-refractivity contribution >= 4 is 34.7 Å². The number of ether oxygens (including phenoxy) is 1. The molecular formula is C21H25NO4S. The molecule has 0 spiro atoms. The summed E-state index contributed by atoms with van der Waals surface area (Å²) in [5.41, 5.74) is 3.31. The zero-order chi connectivity index (χ0) is 20.1. The fourth-order valence-corrected chi connectivity index (χ4v) is 3.61.